The Morgan fingerprint density at radius 3 is 2.37 bits per heavy atom. The van der Waals surface area contributed by atoms with Gasteiger partial charge in [-0.1, -0.05) is 18.2 Å². The van der Waals surface area contributed by atoms with Gasteiger partial charge in [0, 0.05) is 49.7 Å². The van der Waals surface area contributed by atoms with Crippen molar-refractivity contribution in [2.24, 2.45) is 5.73 Å². The van der Waals surface area contributed by atoms with Crippen LogP contribution in [0.2, 0.25) is 0 Å². The van der Waals surface area contributed by atoms with E-state index >= 15 is 0 Å². The van der Waals surface area contributed by atoms with E-state index in [0.717, 1.165) is 49.0 Å². The van der Waals surface area contributed by atoms with Gasteiger partial charge in [0.15, 0.2) is 0 Å². The molecule has 0 aliphatic heterocycles. The first-order chi connectivity index (χ1) is 21.1. The van der Waals surface area contributed by atoms with Gasteiger partial charge in [-0.25, -0.2) is 0 Å². The van der Waals surface area contributed by atoms with Gasteiger partial charge in [-0.15, -0.1) is 0 Å². The van der Waals surface area contributed by atoms with E-state index in [1.165, 1.54) is 0 Å². The highest BCUT2D eigenvalue weighted by Gasteiger charge is 2.20. The van der Waals surface area contributed by atoms with Crippen LogP contribution < -0.4 is 27.0 Å². The average molecular weight is 594 g/mol. The molecular formula is C30H43N9O4. The Balaban J connectivity index is 1.29. The number of aliphatic hydroxyl groups is 1. The summed E-state index contributed by atoms with van der Waals surface area (Å²) in [7, 11) is 0. The van der Waals surface area contributed by atoms with Gasteiger partial charge in [0.05, 0.1) is 39.0 Å². The fourth-order valence-corrected chi connectivity index (χ4v) is 4.58. The van der Waals surface area contributed by atoms with Crippen LogP contribution in [0, 0.1) is 0 Å². The largest absolute Gasteiger partial charge is 0.393 e. The lowest BCUT2D eigenvalue weighted by molar-refractivity contribution is -0.120. The Labute approximate surface area is 252 Å². The number of hydrogen-bond acceptors (Lipinski definition) is 12. The number of anilines is 4. The van der Waals surface area contributed by atoms with E-state index in [9.17, 15) is 9.90 Å². The van der Waals surface area contributed by atoms with Crippen LogP contribution >= 0.6 is 0 Å². The van der Waals surface area contributed by atoms with Crippen LogP contribution in [-0.4, -0.2) is 89.2 Å². The maximum Gasteiger partial charge on any atom is 0.233 e. The predicted octanol–water partition coefficient (Wildman–Crippen LogP) is 2.03. The molecule has 13 heteroatoms. The zero-order chi connectivity index (χ0) is 30.1. The smallest absolute Gasteiger partial charge is 0.233 e. The molecule has 1 amide bonds. The Morgan fingerprint density at radius 2 is 1.63 bits per heavy atom. The molecule has 43 heavy (non-hydrogen) atoms. The van der Waals surface area contributed by atoms with Crippen LogP contribution in [0.4, 0.5) is 23.5 Å². The molecule has 1 aliphatic rings. The second-order valence-corrected chi connectivity index (χ2v) is 10.3. The lowest BCUT2D eigenvalue weighted by atomic mass is 9.93. The molecule has 2 aromatic heterocycles. The highest BCUT2D eigenvalue weighted by Crippen LogP contribution is 2.22. The minimum atomic E-state index is -0.238. The molecule has 1 fully saturated rings. The van der Waals surface area contributed by atoms with Gasteiger partial charge in [0.1, 0.15) is 0 Å². The fraction of sp³-hybridized carbons (Fsp3) is 0.500. The zero-order valence-corrected chi connectivity index (χ0v) is 24.5. The van der Waals surface area contributed by atoms with Crippen molar-refractivity contribution < 1.29 is 19.4 Å². The van der Waals surface area contributed by atoms with Crippen LogP contribution in [-0.2, 0) is 27.1 Å². The molecule has 7 N–H and O–H groups in total. The van der Waals surface area contributed by atoms with E-state index in [1.54, 1.807) is 6.20 Å². The molecule has 0 saturated heterocycles. The number of carbonyl (C=O) groups excluding carboxylic acids is 1. The minimum Gasteiger partial charge on any atom is -0.393 e. The average Bonchev–Trinajstić information content (AvgIpc) is 3.01. The van der Waals surface area contributed by atoms with Crippen LogP contribution in [0.3, 0.4) is 0 Å². The van der Waals surface area contributed by atoms with Gasteiger partial charge in [0.2, 0.25) is 23.8 Å². The highest BCUT2D eigenvalue weighted by molar-refractivity contribution is 5.78. The van der Waals surface area contributed by atoms with Crippen molar-refractivity contribution in [2.45, 2.75) is 50.7 Å². The van der Waals surface area contributed by atoms with Gasteiger partial charge in [-0.05, 0) is 55.5 Å². The topological polar surface area (TPSA) is 181 Å². The van der Waals surface area contributed by atoms with Crippen molar-refractivity contribution in [3.8, 4) is 0 Å². The molecule has 1 saturated carbocycles. The van der Waals surface area contributed by atoms with Crippen LogP contribution in [0.15, 0.2) is 48.7 Å². The molecule has 4 rings (SSSR count). The maximum absolute atomic E-state index is 12.3. The quantitative estimate of drug-likeness (QED) is 0.118. The molecular weight excluding hydrogens is 550 g/mol. The number of rotatable bonds is 18. The normalized spacial score (nSPS) is 16.4. The van der Waals surface area contributed by atoms with E-state index < -0.39 is 0 Å². The number of nitrogens with zero attached hydrogens (tertiary/aromatic N) is 4. The van der Waals surface area contributed by atoms with E-state index in [1.807, 2.05) is 42.5 Å². The molecule has 0 radical (unpaired) electrons. The molecule has 0 spiro atoms. The first kappa shape index (κ1) is 32.0. The third-order valence-electron chi connectivity index (χ3n) is 6.83. The summed E-state index contributed by atoms with van der Waals surface area (Å²) >= 11 is 0. The van der Waals surface area contributed by atoms with Gasteiger partial charge >= 0.3 is 0 Å². The number of carbonyl (C=O) groups is 1. The fourth-order valence-electron chi connectivity index (χ4n) is 4.58. The van der Waals surface area contributed by atoms with Gasteiger partial charge in [0.25, 0.3) is 0 Å². The van der Waals surface area contributed by atoms with Crippen molar-refractivity contribution in [1.82, 2.24) is 25.3 Å². The summed E-state index contributed by atoms with van der Waals surface area (Å²) < 4.78 is 10.7. The zero-order valence-electron chi connectivity index (χ0n) is 24.5. The SMILES string of the molecule is NCCOCCOCCNC(=O)Cc1ccc(Nc2nc(NCCc3ccccn3)nc(NC3CCC(O)CC3)n2)cc1. The standard InChI is InChI=1S/C30H43N9O4/c31-13-17-42-19-20-43-18-16-33-27(41)21-22-4-6-24(7-5-22)35-29-37-28(34-15-12-23-3-1-2-14-32-23)38-30(39-29)36-25-8-10-26(40)11-9-25/h1-7,14,25-26,40H,8-13,15-21,31H2,(H,33,41)(H3,34,35,36,37,38,39). The number of ether oxygens (including phenoxy) is 2. The Morgan fingerprint density at radius 1 is 0.884 bits per heavy atom. The number of aromatic nitrogens is 4. The van der Waals surface area contributed by atoms with Crippen LogP contribution in [0.5, 0.6) is 0 Å². The van der Waals surface area contributed by atoms with Crippen LogP contribution in [0.25, 0.3) is 0 Å². The van der Waals surface area contributed by atoms with E-state index in [2.05, 4.69) is 41.2 Å². The van der Waals surface area contributed by atoms with Crippen molar-refractivity contribution >= 4 is 29.4 Å². The minimum absolute atomic E-state index is 0.0754. The summed E-state index contributed by atoms with van der Waals surface area (Å²) in [6, 6.07) is 13.6. The lowest BCUT2D eigenvalue weighted by Gasteiger charge is -2.26. The number of nitrogens with one attached hydrogen (secondary N) is 4. The number of amides is 1. The van der Waals surface area contributed by atoms with Crippen molar-refractivity contribution in [3.05, 3.63) is 59.9 Å². The van der Waals surface area contributed by atoms with Crippen LogP contribution in [0.1, 0.15) is 36.9 Å². The summed E-state index contributed by atoms with van der Waals surface area (Å²) in [5.74, 6) is 1.24. The maximum atomic E-state index is 12.3. The Kier molecular flexibility index (Phi) is 13.3. The second-order valence-electron chi connectivity index (χ2n) is 10.3. The summed E-state index contributed by atoms with van der Waals surface area (Å²) in [6.45, 7) is 3.43. The summed E-state index contributed by atoms with van der Waals surface area (Å²) in [5, 5.41) is 22.7. The number of pyridine rings is 1. The number of benzene rings is 1. The molecule has 0 atom stereocenters. The van der Waals surface area contributed by atoms with Crippen molar-refractivity contribution in [1.29, 1.82) is 0 Å². The number of hydrogen-bond donors (Lipinski definition) is 6. The third kappa shape index (κ3) is 12.1. The third-order valence-corrected chi connectivity index (χ3v) is 6.83. The van der Waals surface area contributed by atoms with E-state index in [4.69, 9.17) is 15.2 Å². The number of aliphatic hydroxyl groups excluding tert-OH is 1. The molecule has 3 aromatic rings. The van der Waals surface area contributed by atoms with Crippen molar-refractivity contribution in [2.75, 3.05) is 62.0 Å². The second kappa shape index (κ2) is 17.9. The van der Waals surface area contributed by atoms with E-state index in [-0.39, 0.29) is 24.5 Å². The first-order valence-corrected chi connectivity index (χ1v) is 14.9. The molecule has 0 unspecified atom stereocenters. The highest BCUT2D eigenvalue weighted by atomic mass is 16.5. The predicted molar refractivity (Wildman–Crippen MR) is 165 cm³/mol. The summed E-state index contributed by atoms with van der Waals surface area (Å²) in [4.78, 5) is 30.4. The van der Waals surface area contributed by atoms with Gasteiger partial charge < -0.3 is 41.6 Å². The van der Waals surface area contributed by atoms with Gasteiger partial charge in [-0.3, -0.25) is 9.78 Å². The first-order valence-electron chi connectivity index (χ1n) is 14.9. The molecule has 232 valence electrons. The molecule has 1 aliphatic carbocycles. The van der Waals surface area contributed by atoms with E-state index in [0.29, 0.717) is 63.9 Å². The lowest BCUT2D eigenvalue weighted by Crippen LogP contribution is -2.29. The summed E-state index contributed by atoms with van der Waals surface area (Å²) in [6.07, 6.45) is 5.75. The molecule has 0 bridgehead atoms. The Bertz CT molecular complexity index is 1230. The number of nitrogens with two attached hydrogens (primary N) is 1. The molecule has 2 heterocycles. The van der Waals surface area contributed by atoms with Gasteiger partial charge in [-0.2, -0.15) is 15.0 Å². The molecule has 13 nitrogen and oxygen atoms in total. The monoisotopic (exact) mass is 593 g/mol. The molecule has 1 aromatic carbocycles. The Hall–Kier alpha value is -3.91. The van der Waals surface area contributed by atoms with Crippen molar-refractivity contribution in [3.63, 3.8) is 0 Å². The summed E-state index contributed by atoms with van der Waals surface area (Å²) in [5.41, 5.74) is 8.01.